The number of aliphatic hydroxyl groups excluding tert-OH is 1. The molecule has 1 aliphatic rings. The summed E-state index contributed by atoms with van der Waals surface area (Å²) in [5.41, 5.74) is 5.42. The Morgan fingerprint density at radius 3 is 2.22 bits per heavy atom. The molecule has 3 rings (SSSR count). The second-order valence-corrected chi connectivity index (χ2v) is 8.22. The van der Waals surface area contributed by atoms with Gasteiger partial charge in [-0.1, -0.05) is 23.7 Å². The minimum Gasteiger partial charge on any atom is -0.394 e. The van der Waals surface area contributed by atoms with Gasteiger partial charge in [-0.15, -0.1) is 0 Å². The first-order valence-electron chi connectivity index (χ1n) is 6.95. The Morgan fingerprint density at radius 2 is 1.70 bits per heavy atom. The Kier molecular flexibility index (Phi) is 3.96. The maximum atomic E-state index is 13.1. The lowest BCUT2D eigenvalue weighted by Crippen LogP contribution is -2.35. The van der Waals surface area contributed by atoms with Crippen molar-refractivity contribution in [2.45, 2.75) is 21.6 Å². The van der Waals surface area contributed by atoms with E-state index in [1.54, 1.807) is 0 Å². The zero-order valence-electron chi connectivity index (χ0n) is 12.0. The lowest BCUT2D eigenvalue weighted by atomic mass is 10.1. The quantitative estimate of drug-likeness (QED) is 0.880. The molecule has 0 aromatic heterocycles. The van der Waals surface area contributed by atoms with Crippen molar-refractivity contribution in [3.8, 4) is 0 Å². The number of sulfone groups is 1. The number of aliphatic hydroxyl groups is 1. The molecule has 4 nitrogen and oxygen atoms in total. The molecular weight excluding hydrogens is 341 g/mol. The van der Waals surface area contributed by atoms with Crippen molar-refractivity contribution in [3.63, 3.8) is 0 Å². The van der Waals surface area contributed by atoms with Crippen LogP contribution in [0.25, 0.3) is 0 Å². The number of benzene rings is 2. The van der Waals surface area contributed by atoms with E-state index >= 15 is 0 Å². The molecule has 3 atom stereocenters. The standard InChI is InChI=1S/C16H15ClFNO3S/c17-11-3-7-13(8-4-11)23(21,22)15-14(16(15,19)9-20)10-1-5-12(18)6-2-10/h1-8,14-15,20H,9,19H2/t14-,15+,16+/m1/s1. The summed E-state index contributed by atoms with van der Waals surface area (Å²) < 4.78 is 38.7. The summed E-state index contributed by atoms with van der Waals surface area (Å²) in [6, 6.07) is 11.3. The van der Waals surface area contributed by atoms with E-state index < -0.39 is 39.0 Å². The summed E-state index contributed by atoms with van der Waals surface area (Å²) in [5.74, 6) is -1.01. The number of halogens is 2. The first-order valence-corrected chi connectivity index (χ1v) is 8.88. The van der Waals surface area contributed by atoms with Gasteiger partial charge in [-0.05, 0) is 42.0 Å². The predicted octanol–water partition coefficient (Wildman–Crippen LogP) is 2.11. The summed E-state index contributed by atoms with van der Waals surface area (Å²) in [6.45, 7) is -0.480. The van der Waals surface area contributed by atoms with Crippen LogP contribution < -0.4 is 5.73 Å². The maximum absolute atomic E-state index is 13.1. The van der Waals surface area contributed by atoms with E-state index in [4.69, 9.17) is 17.3 Å². The SMILES string of the molecule is N[C@@]1(CO)[C@H](c2ccc(F)cc2)[C@@H]1S(=O)(=O)c1ccc(Cl)cc1. The van der Waals surface area contributed by atoms with Gasteiger partial charge in [0, 0.05) is 10.9 Å². The Balaban J connectivity index is 2.01. The molecule has 1 fully saturated rings. The summed E-state index contributed by atoms with van der Waals surface area (Å²) in [5, 5.41) is 9.05. The topological polar surface area (TPSA) is 80.4 Å². The largest absolute Gasteiger partial charge is 0.394 e. The van der Waals surface area contributed by atoms with E-state index in [9.17, 15) is 17.9 Å². The van der Waals surface area contributed by atoms with Crippen molar-refractivity contribution in [1.82, 2.24) is 0 Å². The number of hydrogen-bond donors (Lipinski definition) is 2. The Labute approximate surface area is 138 Å². The normalized spacial score (nSPS) is 27.0. The second kappa shape index (κ2) is 5.56. The minimum atomic E-state index is -3.75. The summed E-state index contributed by atoms with van der Waals surface area (Å²) in [7, 11) is -3.75. The fourth-order valence-corrected chi connectivity index (χ4v) is 5.43. The van der Waals surface area contributed by atoms with Crippen LogP contribution >= 0.6 is 11.6 Å². The Bertz CT molecular complexity index is 823. The van der Waals surface area contributed by atoms with Crippen LogP contribution in [-0.2, 0) is 9.84 Å². The third-order valence-electron chi connectivity index (χ3n) is 4.28. The molecule has 3 N–H and O–H groups in total. The van der Waals surface area contributed by atoms with E-state index in [2.05, 4.69) is 0 Å². The van der Waals surface area contributed by atoms with Crippen LogP contribution in [0.15, 0.2) is 53.4 Å². The van der Waals surface area contributed by atoms with Gasteiger partial charge in [-0.25, -0.2) is 12.8 Å². The summed E-state index contributed by atoms with van der Waals surface area (Å²) in [6.07, 6.45) is 0. The maximum Gasteiger partial charge on any atom is 0.183 e. The average molecular weight is 356 g/mol. The lowest BCUT2D eigenvalue weighted by Gasteiger charge is -2.08. The minimum absolute atomic E-state index is 0.0970. The van der Waals surface area contributed by atoms with Crippen LogP contribution in [0.4, 0.5) is 4.39 Å². The van der Waals surface area contributed by atoms with Crippen molar-refractivity contribution in [1.29, 1.82) is 0 Å². The fourth-order valence-electron chi connectivity index (χ4n) is 3.01. The van der Waals surface area contributed by atoms with Crippen LogP contribution in [-0.4, -0.2) is 30.9 Å². The molecule has 1 saturated carbocycles. The van der Waals surface area contributed by atoms with E-state index in [1.165, 1.54) is 48.5 Å². The molecule has 0 spiro atoms. The van der Waals surface area contributed by atoms with Crippen LogP contribution in [0, 0.1) is 5.82 Å². The highest BCUT2D eigenvalue weighted by Gasteiger charge is 2.69. The number of rotatable bonds is 4. The summed E-state index contributed by atoms with van der Waals surface area (Å²) in [4.78, 5) is 0.0970. The molecule has 0 bridgehead atoms. The molecule has 7 heteroatoms. The molecular formula is C16H15ClFNO3S. The van der Waals surface area contributed by atoms with Gasteiger partial charge in [0.05, 0.1) is 22.3 Å². The van der Waals surface area contributed by atoms with Gasteiger partial charge in [0.25, 0.3) is 0 Å². The second-order valence-electron chi connectivity index (χ2n) is 5.72. The van der Waals surface area contributed by atoms with Gasteiger partial charge in [0.15, 0.2) is 9.84 Å². The van der Waals surface area contributed by atoms with Gasteiger partial charge in [-0.3, -0.25) is 0 Å². The van der Waals surface area contributed by atoms with Crippen LogP contribution in [0.3, 0.4) is 0 Å². The third-order valence-corrected chi connectivity index (χ3v) is 6.84. The molecule has 0 heterocycles. The molecule has 122 valence electrons. The monoisotopic (exact) mass is 355 g/mol. The van der Waals surface area contributed by atoms with Gasteiger partial charge in [0.1, 0.15) is 5.82 Å². The Morgan fingerprint density at radius 1 is 1.13 bits per heavy atom. The molecule has 0 radical (unpaired) electrons. The van der Waals surface area contributed by atoms with Crippen molar-refractivity contribution >= 4 is 21.4 Å². The highest BCUT2D eigenvalue weighted by atomic mass is 35.5. The first kappa shape index (κ1) is 16.4. The van der Waals surface area contributed by atoms with Crippen LogP contribution in [0.1, 0.15) is 11.5 Å². The van der Waals surface area contributed by atoms with Crippen molar-refractivity contribution < 1.29 is 17.9 Å². The van der Waals surface area contributed by atoms with E-state index in [1.807, 2.05) is 0 Å². The molecule has 0 unspecified atom stereocenters. The predicted molar refractivity (Wildman–Crippen MR) is 85.6 cm³/mol. The molecule has 23 heavy (non-hydrogen) atoms. The first-order chi connectivity index (χ1) is 10.8. The number of nitrogens with two attached hydrogens (primary N) is 1. The Hall–Kier alpha value is -1.47. The van der Waals surface area contributed by atoms with E-state index in [0.29, 0.717) is 10.6 Å². The molecule has 2 aromatic carbocycles. The zero-order valence-corrected chi connectivity index (χ0v) is 13.6. The van der Waals surface area contributed by atoms with Gasteiger partial charge in [-0.2, -0.15) is 0 Å². The number of hydrogen-bond acceptors (Lipinski definition) is 4. The molecule has 0 aliphatic heterocycles. The van der Waals surface area contributed by atoms with Crippen LogP contribution in [0.5, 0.6) is 0 Å². The van der Waals surface area contributed by atoms with Gasteiger partial charge in [0.2, 0.25) is 0 Å². The highest BCUT2D eigenvalue weighted by Crippen LogP contribution is 2.55. The van der Waals surface area contributed by atoms with Gasteiger partial charge < -0.3 is 10.8 Å². The summed E-state index contributed by atoms with van der Waals surface area (Å²) >= 11 is 5.78. The molecule has 1 aliphatic carbocycles. The third kappa shape index (κ3) is 2.65. The fraction of sp³-hybridized carbons (Fsp3) is 0.250. The van der Waals surface area contributed by atoms with E-state index in [0.717, 1.165) is 0 Å². The molecule has 2 aromatic rings. The molecule has 0 saturated heterocycles. The van der Waals surface area contributed by atoms with Crippen LogP contribution in [0.2, 0.25) is 5.02 Å². The highest BCUT2D eigenvalue weighted by molar-refractivity contribution is 7.92. The van der Waals surface area contributed by atoms with E-state index in [-0.39, 0.29) is 4.90 Å². The lowest BCUT2D eigenvalue weighted by molar-refractivity contribution is 0.253. The molecule has 0 amide bonds. The van der Waals surface area contributed by atoms with Crippen molar-refractivity contribution in [2.75, 3.05) is 6.61 Å². The van der Waals surface area contributed by atoms with Crippen molar-refractivity contribution in [2.24, 2.45) is 5.73 Å². The van der Waals surface area contributed by atoms with Gasteiger partial charge >= 0.3 is 0 Å². The zero-order chi connectivity index (χ0) is 16.8. The van der Waals surface area contributed by atoms with Crippen molar-refractivity contribution in [3.05, 3.63) is 64.9 Å². The smallest absolute Gasteiger partial charge is 0.183 e. The average Bonchev–Trinajstić information content (AvgIpc) is 3.16.